The Kier molecular flexibility index (Phi) is 4.84. The molecule has 3 atom stereocenters. The van der Waals surface area contributed by atoms with Gasteiger partial charge in [0.05, 0.1) is 0 Å². The number of hydrogen-bond acceptors (Lipinski definition) is 2. The highest BCUT2D eigenvalue weighted by molar-refractivity contribution is 6.30. The van der Waals surface area contributed by atoms with Gasteiger partial charge >= 0.3 is 0 Å². The smallest absolute Gasteiger partial charge is 0.166 e. The van der Waals surface area contributed by atoms with Crippen molar-refractivity contribution in [3.63, 3.8) is 0 Å². The lowest BCUT2D eigenvalue weighted by Gasteiger charge is -2.18. The molecule has 1 saturated carbocycles. The summed E-state index contributed by atoms with van der Waals surface area (Å²) in [7, 11) is 0. The molecule has 2 aromatic rings. The molecular weight excluding hydrogens is 308 g/mol. The minimum Gasteiger partial charge on any atom is -0.396 e. The Morgan fingerprint density at radius 3 is 2.13 bits per heavy atom. The Morgan fingerprint density at radius 2 is 1.61 bits per heavy atom. The van der Waals surface area contributed by atoms with Crippen LogP contribution in [0.5, 0.6) is 0 Å². The second-order valence-electron chi connectivity index (χ2n) is 6.43. The van der Waals surface area contributed by atoms with E-state index in [9.17, 15) is 9.90 Å². The van der Waals surface area contributed by atoms with Crippen molar-refractivity contribution in [1.82, 2.24) is 0 Å². The standard InChI is InChI=1S/C20H21ClO2/c1-13-17(12-22)8-11-19(13)20(23)16-4-2-14(3-5-16)15-6-9-18(21)10-7-15/h2-7,9-10,13,17,19,22H,8,11-12H2,1H3/t13-,17-,19?/m0/s1. The maximum atomic E-state index is 12.7. The van der Waals surface area contributed by atoms with Crippen molar-refractivity contribution in [2.45, 2.75) is 19.8 Å². The van der Waals surface area contributed by atoms with E-state index in [1.54, 1.807) is 0 Å². The van der Waals surface area contributed by atoms with Gasteiger partial charge in [0.25, 0.3) is 0 Å². The summed E-state index contributed by atoms with van der Waals surface area (Å²) in [6.45, 7) is 2.26. The molecule has 1 aliphatic carbocycles. The fourth-order valence-electron chi connectivity index (χ4n) is 3.56. The van der Waals surface area contributed by atoms with Gasteiger partial charge in [-0.15, -0.1) is 0 Å². The first-order chi connectivity index (χ1) is 11.1. The number of aliphatic hydroxyl groups excluding tert-OH is 1. The van der Waals surface area contributed by atoms with Crippen molar-refractivity contribution in [2.75, 3.05) is 6.61 Å². The van der Waals surface area contributed by atoms with Gasteiger partial charge < -0.3 is 5.11 Å². The van der Waals surface area contributed by atoms with Crippen molar-refractivity contribution >= 4 is 17.4 Å². The van der Waals surface area contributed by atoms with Crippen LogP contribution in [-0.2, 0) is 0 Å². The number of carbonyl (C=O) groups excluding carboxylic acids is 1. The second kappa shape index (κ2) is 6.86. The van der Waals surface area contributed by atoms with E-state index in [1.165, 1.54) is 0 Å². The number of rotatable bonds is 4. The molecule has 1 fully saturated rings. The molecule has 2 aromatic carbocycles. The van der Waals surface area contributed by atoms with Crippen LogP contribution in [-0.4, -0.2) is 17.5 Å². The molecule has 0 heterocycles. The largest absolute Gasteiger partial charge is 0.396 e. The van der Waals surface area contributed by atoms with E-state index in [0.717, 1.165) is 29.5 Å². The Labute approximate surface area is 142 Å². The summed E-state index contributed by atoms with van der Waals surface area (Å²) >= 11 is 5.91. The molecule has 0 radical (unpaired) electrons. The average Bonchev–Trinajstić information content (AvgIpc) is 2.96. The Morgan fingerprint density at radius 1 is 1.04 bits per heavy atom. The van der Waals surface area contributed by atoms with Crippen LogP contribution < -0.4 is 0 Å². The Bertz CT molecular complexity index is 676. The molecule has 0 saturated heterocycles. The Balaban J connectivity index is 1.77. The number of benzene rings is 2. The molecular formula is C20H21ClO2. The zero-order chi connectivity index (χ0) is 16.4. The SMILES string of the molecule is C[C@@H]1C(C(=O)c2ccc(-c3ccc(Cl)cc3)cc2)CC[C@H]1CO. The maximum absolute atomic E-state index is 12.7. The predicted molar refractivity (Wildman–Crippen MR) is 93.7 cm³/mol. The topological polar surface area (TPSA) is 37.3 Å². The predicted octanol–water partition coefficient (Wildman–Crippen LogP) is 4.84. The van der Waals surface area contributed by atoms with Crippen molar-refractivity contribution < 1.29 is 9.90 Å². The highest BCUT2D eigenvalue weighted by Gasteiger charge is 2.36. The van der Waals surface area contributed by atoms with Crippen LogP contribution in [0, 0.1) is 17.8 Å². The molecule has 0 amide bonds. The minimum atomic E-state index is 0.0357. The van der Waals surface area contributed by atoms with Crippen molar-refractivity contribution in [3.05, 3.63) is 59.1 Å². The third-order valence-corrected chi connectivity index (χ3v) is 5.40. The average molecular weight is 329 g/mol. The lowest BCUT2D eigenvalue weighted by Crippen LogP contribution is -2.21. The fourth-order valence-corrected chi connectivity index (χ4v) is 3.68. The third-order valence-electron chi connectivity index (χ3n) is 5.14. The number of aliphatic hydroxyl groups is 1. The molecule has 0 aliphatic heterocycles. The van der Waals surface area contributed by atoms with Crippen molar-refractivity contribution in [2.24, 2.45) is 17.8 Å². The summed E-state index contributed by atoms with van der Waals surface area (Å²) in [5, 5.41) is 10.1. The maximum Gasteiger partial charge on any atom is 0.166 e. The summed E-state index contributed by atoms with van der Waals surface area (Å²) < 4.78 is 0. The second-order valence-corrected chi connectivity index (χ2v) is 6.87. The van der Waals surface area contributed by atoms with Gasteiger partial charge in [-0.25, -0.2) is 0 Å². The van der Waals surface area contributed by atoms with Gasteiger partial charge in [0.2, 0.25) is 0 Å². The van der Waals surface area contributed by atoms with Gasteiger partial charge in [0.1, 0.15) is 0 Å². The van der Waals surface area contributed by atoms with E-state index >= 15 is 0 Å². The Hall–Kier alpha value is -1.64. The molecule has 0 bridgehead atoms. The van der Waals surface area contributed by atoms with E-state index in [2.05, 4.69) is 6.92 Å². The molecule has 3 rings (SSSR count). The van der Waals surface area contributed by atoms with E-state index in [1.807, 2.05) is 48.5 Å². The number of ketones is 1. The zero-order valence-corrected chi connectivity index (χ0v) is 14.0. The highest BCUT2D eigenvalue weighted by Crippen LogP contribution is 2.38. The molecule has 3 heteroatoms. The number of hydrogen-bond donors (Lipinski definition) is 1. The van der Waals surface area contributed by atoms with Crippen molar-refractivity contribution in [1.29, 1.82) is 0 Å². The zero-order valence-electron chi connectivity index (χ0n) is 13.2. The lowest BCUT2D eigenvalue weighted by molar-refractivity contribution is 0.0875. The summed E-state index contributed by atoms with van der Waals surface area (Å²) in [5.74, 6) is 0.755. The summed E-state index contributed by atoms with van der Waals surface area (Å²) in [6, 6.07) is 15.5. The van der Waals surface area contributed by atoms with Crippen LogP contribution in [0.3, 0.4) is 0 Å². The quantitative estimate of drug-likeness (QED) is 0.815. The number of carbonyl (C=O) groups is 1. The van der Waals surface area contributed by atoms with Crippen LogP contribution in [0.1, 0.15) is 30.1 Å². The van der Waals surface area contributed by atoms with Gasteiger partial charge in [-0.1, -0.05) is 54.9 Å². The third kappa shape index (κ3) is 3.34. The molecule has 0 aromatic heterocycles. The lowest BCUT2D eigenvalue weighted by atomic mass is 9.86. The van der Waals surface area contributed by atoms with Gasteiger partial charge in [0.15, 0.2) is 5.78 Å². The van der Waals surface area contributed by atoms with Gasteiger partial charge in [-0.05, 0) is 47.9 Å². The summed E-state index contributed by atoms with van der Waals surface area (Å²) in [6.07, 6.45) is 1.82. The van der Waals surface area contributed by atoms with Crippen molar-refractivity contribution in [3.8, 4) is 11.1 Å². The van der Waals surface area contributed by atoms with E-state index < -0.39 is 0 Å². The minimum absolute atomic E-state index is 0.0357. The summed E-state index contributed by atoms with van der Waals surface area (Å²) in [5.41, 5.74) is 2.92. The van der Waals surface area contributed by atoms with Crippen LogP contribution >= 0.6 is 11.6 Å². The monoisotopic (exact) mass is 328 g/mol. The van der Waals surface area contributed by atoms with E-state index in [0.29, 0.717) is 5.02 Å². The fraction of sp³-hybridized carbons (Fsp3) is 0.350. The number of Topliss-reactive ketones (excluding diaryl/α,β-unsaturated/α-hetero) is 1. The molecule has 1 N–H and O–H groups in total. The molecule has 23 heavy (non-hydrogen) atoms. The normalized spacial score (nSPS) is 23.9. The van der Waals surface area contributed by atoms with Gasteiger partial charge in [-0.2, -0.15) is 0 Å². The molecule has 1 unspecified atom stereocenters. The molecule has 0 spiro atoms. The molecule has 120 valence electrons. The van der Waals surface area contributed by atoms with Gasteiger partial charge in [0, 0.05) is 23.1 Å². The first-order valence-corrected chi connectivity index (χ1v) is 8.49. The van der Waals surface area contributed by atoms with Crippen LogP contribution in [0.2, 0.25) is 5.02 Å². The van der Waals surface area contributed by atoms with E-state index in [4.69, 9.17) is 11.6 Å². The highest BCUT2D eigenvalue weighted by atomic mass is 35.5. The first kappa shape index (κ1) is 16.2. The number of halogens is 1. The summed E-state index contributed by atoms with van der Waals surface area (Å²) in [4.78, 5) is 12.7. The van der Waals surface area contributed by atoms with Crippen LogP contribution in [0.15, 0.2) is 48.5 Å². The van der Waals surface area contributed by atoms with Gasteiger partial charge in [-0.3, -0.25) is 4.79 Å². The van der Waals surface area contributed by atoms with Crippen LogP contribution in [0.25, 0.3) is 11.1 Å². The molecule has 1 aliphatic rings. The van der Waals surface area contributed by atoms with E-state index in [-0.39, 0.29) is 30.1 Å². The van der Waals surface area contributed by atoms with Crippen LogP contribution in [0.4, 0.5) is 0 Å². The first-order valence-electron chi connectivity index (χ1n) is 8.11. The molecule has 2 nitrogen and oxygen atoms in total.